The SMILES string of the molecule is Cc1cccc(C(=O)N2CCC(O)CC2)c1NS(=O)(=O)c1ccccc1. The zero-order valence-corrected chi connectivity index (χ0v) is 15.4. The van der Waals surface area contributed by atoms with Crippen LogP contribution in [-0.4, -0.2) is 43.5 Å². The molecule has 7 heteroatoms. The van der Waals surface area contributed by atoms with Gasteiger partial charge in [0, 0.05) is 13.1 Å². The van der Waals surface area contributed by atoms with E-state index >= 15 is 0 Å². The third kappa shape index (κ3) is 3.89. The molecule has 1 saturated heterocycles. The number of piperidine rings is 1. The number of nitrogens with one attached hydrogen (secondary N) is 1. The molecule has 2 aromatic rings. The number of amides is 1. The lowest BCUT2D eigenvalue weighted by atomic mass is 10.0. The van der Waals surface area contributed by atoms with Crippen molar-refractivity contribution >= 4 is 21.6 Å². The lowest BCUT2D eigenvalue weighted by Crippen LogP contribution is -2.40. The molecule has 1 aliphatic heterocycles. The first-order chi connectivity index (χ1) is 12.4. The van der Waals surface area contributed by atoms with Crippen molar-refractivity contribution in [1.29, 1.82) is 0 Å². The van der Waals surface area contributed by atoms with E-state index in [-0.39, 0.29) is 16.9 Å². The zero-order chi connectivity index (χ0) is 18.7. The van der Waals surface area contributed by atoms with Crippen molar-refractivity contribution in [1.82, 2.24) is 4.90 Å². The van der Waals surface area contributed by atoms with Gasteiger partial charge in [0.15, 0.2) is 0 Å². The topological polar surface area (TPSA) is 86.7 Å². The molecule has 2 aromatic carbocycles. The van der Waals surface area contributed by atoms with Gasteiger partial charge in [0.2, 0.25) is 0 Å². The summed E-state index contributed by atoms with van der Waals surface area (Å²) in [6.07, 6.45) is 0.679. The monoisotopic (exact) mass is 374 g/mol. The minimum absolute atomic E-state index is 0.141. The van der Waals surface area contributed by atoms with Crippen molar-refractivity contribution in [3.8, 4) is 0 Å². The van der Waals surface area contributed by atoms with Gasteiger partial charge in [0.25, 0.3) is 15.9 Å². The van der Waals surface area contributed by atoms with Crippen molar-refractivity contribution in [2.75, 3.05) is 17.8 Å². The molecule has 2 N–H and O–H groups in total. The number of anilines is 1. The first-order valence-electron chi connectivity index (χ1n) is 8.53. The van der Waals surface area contributed by atoms with Crippen LogP contribution in [0, 0.1) is 6.92 Å². The molecule has 0 spiro atoms. The number of carbonyl (C=O) groups is 1. The van der Waals surface area contributed by atoms with Crippen LogP contribution in [0.2, 0.25) is 0 Å². The van der Waals surface area contributed by atoms with Crippen molar-refractivity contribution < 1.29 is 18.3 Å². The van der Waals surface area contributed by atoms with Crippen molar-refractivity contribution in [3.05, 3.63) is 59.7 Å². The molecule has 6 nitrogen and oxygen atoms in total. The number of aryl methyl sites for hydroxylation is 1. The normalized spacial score (nSPS) is 15.7. The lowest BCUT2D eigenvalue weighted by molar-refractivity contribution is 0.0547. The van der Waals surface area contributed by atoms with Crippen LogP contribution in [0.4, 0.5) is 5.69 Å². The largest absolute Gasteiger partial charge is 0.393 e. The van der Waals surface area contributed by atoms with Gasteiger partial charge < -0.3 is 10.0 Å². The molecule has 0 unspecified atom stereocenters. The Morgan fingerprint density at radius 3 is 2.38 bits per heavy atom. The van der Waals surface area contributed by atoms with Crippen LogP contribution >= 0.6 is 0 Å². The first-order valence-corrected chi connectivity index (χ1v) is 10.0. The quantitative estimate of drug-likeness (QED) is 0.860. The van der Waals surface area contributed by atoms with E-state index in [1.807, 2.05) is 0 Å². The Morgan fingerprint density at radius 2 is 1.73 bits per heavy atom. The van der Waals surface area contributed by atoms with Gasteiger partial charge in [0.05, 0.1) is 22.3 Å². The summed E-state index contributed by atoms with van der Waals surface area (Å²) >= 11 is 0. The van der Waals surface area contributed by atoms with Crippen LogP contribution in [0.15, 0.2) is 53.4 Å². The fourth-order valence-electron chi connectivity index (χ4n) is 3.01. The van der Waals surface area contributed by atoms with E-state index in [1.165, 1.54) is 12.1 Å². The minimum atomic E-state index is -3.79. The lowest BCUT2D eigenvalue weighted by Gasteiger charge is -2.30. The number of rotatable bonds is 4. The maximum atomic E-state index is 12.9. The number of benzene rings is 2. The molecule has 1 fully saturated rings. The van der Waals surface area contributed by atoms with E-state index in [9.17, 15) is 18.3 Å². The standard InChI is InChI=1S/C19H22N2O4S/c1-14-6-5-9-17(19(23)21-12-10-15(22)11-13-21)18(14)20-26(24,25)16-7-3-2-4-8-16/h2-9,15,20,22H,10-13H2,1H3. The molecule has 0 atom stereocenters. The molecule has 1 heterocycles. The highest BCUT2D eigenvalue weighted by molar-refractivity contribution is 7.92. The Morgan fingerprint density at radius 1 is 1.08 bits per heavy atom. The Hall–Kier alpha value is -2.38. The predicted octanol–water partition coefficient (Wildman–Crippen LogP) is 2.39. The number of para-hydroxylation sites is 1. The number of hydrogen-bond acceptors (Lipinski definition) is 4. The van der Waals surface area contributed by atoms with Crippen LogP contribution in [0.1, 0.15) is 28.8 Å². The number of nitrogens with zero attached hydrogens (tertiary/aromatic N) is 1. The Kier molecular flexibility index (Phi) is 5.29. The molecule has 0 aromatic heterocycles. The molecule has 1 amide bonds. The molecular formula is C19H22N2O4S. The van der Waals surface area contributed by atoms with E-state index in [0.717, 1.165) is 0 Å². The summed E-state index contributed by atoms with van der Waals surface area (Å²) in [5.74, 6) is -0.230. The van der Waals surface area contributed by atoms with Gasteiger partial charge in [-0.15, -0.1) is 0 Å². The van der Waals surface area contributed by atoms with Crippen molar-refractivity contribution in [2.45, 2.75) is 30.8 Å². The summed E-state index contributed by atoms with van der Waals surface area (Å²) in [4.78, 5) is 14.7. The van der Waals surface area contributed by atoms with Crippen molar-refractivity contribution in [3.63, 3.8) is 0 Å². The fraction of sp³-hybridized carbons (Fsp3) is 0.316. The second-order valence-corrected chi connectivity index (χ2v) is 8.12. The van der Waals surface area contributed by atoms with E-state index in [1.54, 1.807) is 48.2 Å². The summed E-state index contributed by atoms with van der Waals surface area (Å²) in [7, 11) is -3.79. The molecule has 0 bridgehead atoms. The van der Waals surface area contributed by atoms with Crippen LogP contribution in [0.25, 0.3) is 0 Å². The highest BCUT2D eigenvalue weighted by Crippen LogP contribution is 2.26. The second-order valence-electron chi connectivity index (χ2n) is 6.44. The van der Waals surface area contributed by atoms with E-state index < -0.39 is 10.0 Å². The second kappa shape index (κ2) is 7.47. The van der Waals surface area contributed by atoms with Crippen molar-refractivity contribution in [2.24, 2.45) is 0 Å². The third-order valence-corrected chi connectivity index (χ3v) is 5.91. The van der Waals surface area contributed by atoms with Gasteiger partial charge in [-0.2, -0.15) is 0 Å². The van der Waals surface area contributed by atoms with E-state index in [2.05, 4.69) is 4.72 Å². The Balaban J connectivity index is 1.92. The zero-order valence-electron chi connectivity index (χ0n) is 14.6. The van der Waals surface area contributed by atoms with Crippen LogP contribution in [0.3, 0.4) is 0 Å². The van der Waals surface area contributed by atoms with E-state index in [0.29, 0.717) is 42.7 Å². The number of aliphatic hydroxyl groups is 1. The highest BCUT2D eigenvalue weighted by Gasteiger charge is 2.26. The minimum Gasteiger partial charge on any atom is -0.393 e. The highest BCUT2D eigenvalue weighted by atomic mass is 32.2. The van der Waals surface area contributed by atoms with Crippen LogP contribution in [-0.2, 0) is 10.0 Å². The average molecular weight is 374 g/mol. The molecule has 3 rings (SSSR count). The number of carbonyl (C=O) groups excluding carboxylic acids is 1. The van der Waals surface area contributed by atoms with Gasteiger partial charge >= 0.3 is 0 Å². The van der Waals surface area contributed by atoms with Crippen LogP contribution < -0.4 is 4.72 Å². The number of likely N-dealkylation sites (tertiary alicyclic amines) is 1. The maximum absolute atomic E-state index is 12.9. The smallest absolute Gasteiger partial charge is 0.261 e. The molecule has 0 saturated carbocycles. The predicted molar refractivity (Wildman–Crippen MR) is 99.6 cm³/mol. The molecular weight excluding hydrogens is 352 g/mol. The van der Waals surface area contributed by atoms with Crippen LogP contribution in [0.5, 0.6) is 0 Å². The van der Waals surface area contributed by atoms with Gasteiger partial charge in [-0.05, 0) is 43.5 Å². The summed E-state index contributed by atoms with van der Waals surface area (Å²) in [6, 6.07) is 13.2. The fourth-order valence-corrected chi connectivity index (χ4v) is 4.19. The Bertz CT molecular complexity index is 889. The van der Waals surface area contributed by atoms with E-state index in [4.69, 9.17) is 0 Å². The Labute approximate surface area is 153 Å². The van der Waals surface area contributed by atoms with Gasteiger partial charge in [-0.1, -0.05) is 30.3 Å². The first kappa shape index (κ1) is 18.4. The molecule has 0 radical (unpaired) electrons. The number of hydrogen-bond donors (Lipinski definition) is 2. The summed E-state index contributed by atoms with van der Waals surface area (Å²) in [5, 5.41) is 9.63. The van der Waals surface area contributed by atoms with Gasteiger partial charge in [0.1, 0.15) is 0 Å². The average Bonchev–Trinajstić information content (AvgIpc) is 2.64. The molecule has 26 heavy (non-hydrogen) atoms. The molecule has 0 aliphatic carbocycles. The van der Waals surface area contributed by atoms with Gasteiger partial charge in [-0.3, -0.25) is 9.52 Å². The maximum Gasteiger partial charge on any atom is 0.261 e. The molecule has 138 valence electrons. The summed E-state index contributed by atoms with van der Waals surface area (Å²) in [5.41, 5.74) is 1.29. The summed E-state index contributed by atoms with van der Waals surface area (Å²) < 4.78 is 27.9. The number of aliphatic hydroxyl groups excluding tert-OH is 1. The molecule has 1 aliphatic rings. The third-order valence-electron chi connectivity index (χ3n) is 4.54. The number of sulfonamides is 1. The van der Waals surface area contributed by atoms with Gasteiger partial charge in [-0.25, -0.2) is 8.42 Å². The summed E-state index contributed by atoms with van der Waals surface area (Å²) in [6.45, 7) is 2.68.